The number of nitrogens with one attached hydrogen (secondary N) is 2. The van der Waals surface area contributed by atoms with Crippen LogP contribution in [0.5, 0.6) is 0 Å². The summed E-state index contributed by atoms with van der Waals surface area (Å²) in [6.07, 6.45) is 2.30. The Morgan fingerprint density at radius 2 is 2.11 bits per heavy atom. The molecule has 1 saturated carbocycles. The molecule has 98 valence electrons. The Kier molecular flexibility index (Phi) is 4.24. The van der Waals surface area contributed by atoms with Gasteiger partial charge >= 0.3 is 0 Å². The van der Waals surface area contributed by atoms with Gasteiger partial charge in [-0.15, -0.1) is 0 Å². The highest BCUT2D eigenvalue weighted by Crippen LogP contribution is 2.40. The van der Waals surface area contributed by atoms with Gasteiger partial charge in [0, 0.05) is 25.0 Å². The van der Waals surface area contributed by atoms with Gasteiger partial charge in [0.05, 0.1) is 0 Å². The van der Waals surface area contributed by atoms with Gasteiger partial charge in [0.25, 0.3) is 0 Å². The van der Waals surface area contributed by atoms with Gasteiger partial charge in [0.15, 0.2) is 5.96 Å². The van der Waals surface area contributed by atoms with E-state index in [-0.39, 0.29) is 0 Å². The van der Waals surface area contributed by atoms with Gasteiger partial charge in [-0.2, -0.15) is 0 Å². The molecule has 1 aromatic rings. The number of hydrogen-bond acceptors (Lipinski definition) is 1. The Bertz CT molecular complexity index is 399. The zero-order chi connectivity index (χ0) is 13.0. The van der Waals surface area contributed by atoms with Crippen molar-refractivity contribution >= 4 is 5.96 Å². The smallest absolute Gasteiger partial charge is 0.191 e. The molecular weight excluding hydrogens is 222 g/mol. The standard InChI is InChI=1S/C15H23N3/c1-4-11(2)17-15(16-3)18-14-10-13(14)12-8-6-5-7-9-12/h5-9,11,13-14H,4,10H2,1-3H3,(H2,16,17,18). The summed E-state index contributed by atoms with van der Waals surface area (Å²) in [4.78, 5) is 4.28. The van der Waals surface area contributed by atoms with Crippen molar-refractivity contribution in [2.45, 2.75) is 44.7 Å². The molecule has 3 atom stereocenters. The molecule has 1 aliphatic rings. The second-order valence-electron chi connectivity index (χ2n) is 5.03. The normalized spacial score (nSPS) is 24.5. The maximum absolute atomic E-state index is 4.28. The summed E-state index contributed by atoms with van der Waals surface area (Å²) in [5, 5.41) is 6.89. The van der Waals surface area contributed by atoms with Gasteiger partial charge in [-0.25, -0.2) is 0 Å². The average molecular weight is 245 g/mol. The van der Waals surface area contributed by atoms with Crippen LogP contribution in [0.4, 0.5) is 0 Å². The van der Waals surface area contributed by atoms with E-state index in [1.54, 1.807) is 0 Å². The van der Waals surface area contributed by atoms with Crippen molar-refractivity contribution in [2.75, 3.05) is 7.05 Å². The first-order chi connectivity index (χ1) is 8.74. The van der Waals surface area contributed by atoms with Crippen LogP contribution in [0.2, 0.25) is 0 Å². The van der Waals surface area contributed by atoms with Crippen LogP contribution in [0.25, 0.3) is 0 Å². The SMILES string of the molecule is CCC(C)NC(=NC)NC1CC1c1ccccc1. The first-order valence-corrected chi connectivity index (χ1v) is 6.79. The third kappa shape index (κ3) is 3.25. The van der Waals surface area contributed by atoms with E-state index < -0.39 is 0 Å². The van der Waals surface area contributed by atoms with Crippen molar-refractivity contribution in [2.24, 2.45) is 4.99 Å². The minimum Gasteiger partial charge on any atom is -0.354 e. The van der Waals surface area contributed by atoms with Crippen LogP contribution in [0.1, 0.15) is 38.2 Å². The number of benzene rings is 1. The minimum atomic E-state index is 0.463. The maximum atomic E-state index is 4.28. The molecule has 1 aliphatic carbocycles. The minimum absolute atomic E-state index is 0.463. The first kappa shape index (κ1) is 12.9. The third-order valence-electron chi connectivity index (χ3n) is 3.56. The summed E-state index contributed by atoms with van der Waals surface area (Å²) in [5.74, 6) is 1.56. The van der Waals surface area contributed by atoms with Crippen LogP contribution in [0, 0.1) is 0 Å². The first-order valence-electron chi connectivity index (χ1n) is 6.79. The molecule has 0 heterocycles. The number of guanidine groups is 1. The third-order valence-corrected chi connectivity index (χ3v) is 3.56. The highest BCUT2D eigenvalue weighted by Gasteiger charge is 2.38. The lowest BCUT2D eigenvalue weighted by atomic mass is 10.1. The quantitative estimate of drug-likeness (QED) is 0.631. The number of aliphatic imine (C=N–C) groups is 1. The lowest BCUT2D eigenvalue weighted by molar-refractivity contribution is 0.622. The van der Waals surface area contributed by atoms with E-state index in [0.29, 0.717) is 18.0 Å². The second-order valence-corrected chi connectivity index (χ2v) is 5.03. The molecule has 0 saturated heterocycles. The van der Waals surface area contributed by atoms with Gasteiger partial charge in [0.2, 0.25) is 0 Å². The summed E-state index contributed by atoms with van der Waals surface area (Å²) < 4.78 is 0. The molecule has 2 N–H and O–H groups in total. The lowest BCUT2D eigenvalue weighted by Gasteiger charge is -2.16. The molecule has 0 spiro atoms. The maximum Gasteiger partial charge on any atom is 0.191 e. The number of hydrogen-bond donors (Lipinski definition) is 2. The molecule has 18 heavy (non-hydrogen) atoms. The summed E-state index contributed by atoms with van der Waals surface area (Å²) in [6, 6.07) is 11.7. The van der Waals surface area contributed by atoms with E-state index in [0.717, 1.165) is 12.4 Å². The van der Waals surface area contributed by atoms with Gasteiger partial charge in [-0.1, -0.05) is 37.3 Å². The Hall–Kier alpha value is -1.51. The molecule has 0 radical (unpaired) electrons. The van der Waals surface area contributed by atoms with Crippen LogP contribution in [0.15, 0.2) is 35.3 Å². The van der Waals surface area contributed by atoms with E-state index >= 15 is 0 Å². The fourth-order valence-corrected chi connectivity index (χ4v) is 2.10. The summed E-state index contributed by atoms with van der Waals surface area (Å²) in [6.45, 7) is 4.35. The van der Waals surface area contributed by atoms with E-state index in [1.165, 1.54) is 12.0 Å². The molecule has 0 aromatic heterocycles. The van der Waals surface area contributed by atoms with Crippen molar-refractivity contribution < 1.29 is 0 Å². The Morgan fingerprint density at radius 3 is 2.72 bits per heavy atom. The average Bonchev–Trinajstić information content (AvgIpc) is 3.18. The molecule has 2 rings (SSSR count). The summed E-state index contributed by atoms with van der Waals surface area (Å²) >= 11 is 0. The Labute approximate surface area is 110 Å². The van der Waals surface area contributed by atoms with Gasteiger partial charge in [0.1, 0.15) is 0 Å². The zero-order valence-corrected chi connectivity index (χ0v) is 11.5. The van der Waals surface area contributed by atoms with E-state index in [4.69, 9.17) is 0 Å². The molecule has 1 aromatic carbocycles. The van der Waals surface area contributed by atoms with Gasteiger partial charge < -0.3 is 10.6 Å². The second kappa shape index (κ2) is 5.89. The van der Waals surface area contributed by atoms with Crippen molar-refractivity contribution in [3.63, 3.8) is 0 Å². The topological polar surface area (TPSA) is 36.4 Å². The van der Waals surface area contributed by atoms with E-state index in [2.05, 4.69) is 59.8 Å². The molecule has 0 aliphatic heterocycles. The molecule has 3 nitrogen and oxygen atoms in total. The largest absolute Gasteiger partial charge is 0.354 e. The van der Waals surface area contributed by atoms with Crippen LogP contribution in [-0.4, -0.2) is 25.1 Å². The van der Waals surface area contributed by atoms with Crippen LogP contribution >= 0.6 is 0 Å². The summed E-state index contributed by atoms with van der Waals surface area (Å²) in [7, 11) is 1.83. The molecule has 0 bridgehead atoms. The predicted molar refractivity (Wildman–Crippen MR) is 77.0 cm³/mol. The fraction of sp³-hybridized carbons (Fsp3) is 0.533. The predicted octanol–water partition coefficient (Wildman–Crippen LogP) is 2.51. The molecule has 1 fully saturated rings. The molecule has 3 heteroatoms. The van der Waals surface area contributed by atoms with Crippen LogP contribution < -0.4 is 10.6 Å². The van der Waals surface area contributed by atoms with Crippen molar-refractivity contribution in [3.8, 4) is 0 Å². The van der Waals surface area contributed by atoms with Crippen LogP contribution in [0.3, 0.4) is 0 Å². The van der Waals surface area contributed by atoms with Crippen LogP contribution in [-0.2, 0) is 0 Å². The number of rotatable bonds is 4. The number of nitrogens with zero attached hydrogens (tertiary/aromatic N) is 1. The van der Waals surface area contributed by atoms with Crippen molar-refractivity contribution in [3.05, 3.63) is 35.9 Å². The summed E-state index contributed by atoms with van der Waals surface area (Å²) in [5.41, 5.74) is 1.42. The zero-order valence-electron chi connectivity index (χ0n) is 11.5. The fourth-order valence-electron chi connectivity index (χ4n) is 2.10. The van der Waals surface area contributed by atoms with E-state index in [9.17, 15) is 0 Å². The highest BCUT2D eigenvalue weighted by molar-refractivity contribution is 5.80. The van der Waals surface area contributed by atoms with Gasteiger partial charge in [-0.3, -0.25) is 4.99 Å². The van der Waals surface area contributed by atoms with E-state index in [1.807, 2.05) is 7.05 Å². The van der Waals surface area contributed by atoms with Crippen molar-refractivity contribution in [1.82, 2.24) is 10.6 Å². The Morgan fingerprint density at radius 1 is 1.39 bits per heavy atom. The lowest BCUT2D eigenvalue weighted by Crippen LogP contribution is -2.43. The molecule has 0 amide bonds. The van der Waals surface area contributed by atoms with Gasteiger partial charge in [-0.05, 0) is 25.3 Å². The molecule has 3 unspecified atom stereocenters. The van der Waals surface area contributed by atoms with Crippen molar-refractivity contribution in [1.29, 1.82) is 0 Å². The molecular formula is C15H23N3. The Balaban J connectivity index is 1.85. The highest BCUT2D eigenvalue weighted by atomic mass is 15.2. The monoisotopic (exact) mass is 245 g/mol.